The van der Waals surface area contributed by atoms with E-state index in [4.69, 9.17) is 4.74 Å². The number of rotatable bonds is 6. The fourth-order valence-electron chi connectivity index (χ4n) is 3.58. The van der Waals surface area contributed by atoms with E-state index in [9.17, 15) is 9.18 Å². The number of likely N-dealkylation sites (tertiary alicyclic amines) is 1. The highest BCUT2D eigenvalue weighted by molar-refractivity contribution is 7.09. The van der Waals surface area contributed by atoms with Crippen LogP contribution in [-0.2, 0) is 11.3 Å². The summed E-state index contributed by atoms with van der Waals surface area (Å²) >= 11 is 1.67. The molecule has 1 amide bonds. The van der Waals surface area contributed by atoms with Crippen LogP contribution in [-0.4, -0.2) is 28.9 Å². The number of ether oxygens (including phenoxy) is 1. The molecule has 0 spiro atoms. The van der Waals surface area contributed by atoms with Gasteiger partial charge in [-0.1, -0.05) is 6.07 Å². The summed E-state index contributed by atoms with van der Waals surface area (Å²) in [4.78, 5) is 19.5. The zero-order chi connectivity index (χ0) is 20.9. The summed E-state index contributed by atoms with van der Waals surface area (Å²) in [5, 5.41) is 6.19. The summed E-state index contributed by atoms with van der Waals surface area (Å²) < 4.78 is 18.9. The molecule has 1 aromatic heterocycles. The van der Waals surface area contributed by atoms with Crippen molar-refractivity contribution in [1.82, 2.24) is 9.88 Å². The van der Waals surface area contributed by atoms with Gasteiger partial charge in [0, 0.05) is 29.6 Å². The minimum atomic E-state index is -0.343. The van der Waals surface area contributed by atoms with Crippen LogP contribution < -0.4 is 10.1 Å². The molecule has 0 atom stereocenters. The average molecular weight is 426 g/mol. The van der Waals surface area contributed by atoms with Crippen LogP contribution in [0.25, 0.3) is 0 Å². The fraction of sp³-hybridized carbons (Fsp3) is 0.304. The predicted octanol–water partition coefficient (Wildman–Crippen LogP) is 5.23. The van der Waals surface area contributed by atoms with Crippen LogP contribution >= 0.6 is 11.3 Å². The molecule has 7 heteroatoms. The van der Waals surface area contributed by atoms with Crippen LogP contribution in [0, 0.1) is 18.7 Å². The molecule has 4 rings (SSSR count). The molecule has 1 aliphatic rings. The van der Waals surface area contributed by atoms with Crippen LogP contribution in [0.4, 0.5) is 10.1 Å². The van der Waals surface area contributed by atoms with Crippen molar-refractivity contribution in [2.75, 3.05) is 18.4 Å². The van der Waals surface area contributed by atoms with Crippen molar-refractivity contribution < 1.29 is 13.9 Å². The molecular weight excluding hydrogens is 401 g/mol. The van der Waals surface area contributed by atoms with Gasteiger partial charge in [0.2, 0.25) is 5.91 Å². The highest BCUT2D eigenvalue weighted by Crippen LogP contribution is 2.25. The molecule has 0 radical (unpaired) electrons. The van der Waals surface area contributed by atoms with E-state index >= 15 is 0 Å². The maximum atomic E-state index is 13.3. The van der Waals surface area contributed by atoms with Gasteiger partial charge in [-0.3, -0.25) is 9.69 Å². The molecule has 156 valence electrons. The molecular formula is C23H24FN3O2S. The number of thiazole rings is 1. The first-order chi connectivity index (χ1) is 14.5. The first-order valence-electron chi connectivity index (χ1n) is 10.0. The Kier molecular flexibility index (Phi) is 6.40. The third kappa shape index (κ3) is 5.43. The lowest BCUT2D eigenvalue weighted by molar-refractivity contribution is -0.121. The normalized spacial score (nSPS) is 15.1. The summed E-state index contributed by atoms with van der Waals surface area (Å²) in [5.41, 5.74) is 1.84. The first-order valence-corrected chi connectivity index (χ1v) is 10.9. The van der Waals surface area contributed by atoms with Gasteiger partial charge in [0.15, 0.2) is 0 Å². The van der Waals surface area contributed by atoms with E-state index in [1.165, 1.54) is 12.1 Å². The third-order valence-electron chi connectivity index (χ3n) is 5.16. The number of nitrogens with one attached hydrogen (secondary N) is 1. The number of benzene rings is 2. The van der Waals surface area contributed by atoms with Crippen LogP contribution in [0.15, 0.2) is 53.9 Å². The van der Waals surface area contributed by atoms with Crippen molar-refractivity contribution in [3.8, 4) is 11.5 Å². The van der Waals surface area contributed by atoms with E-state index in [0.29, 0.717) is 11.5 Å². The van der Waals surface area contributed by atoms with E-state index in [-0.39, 0.29) is 17.6 Å². The Labute approximate surface area is 179 Å². The quantitative estimate of drug-likeness (QED) is 0.587. The van der Waals surface area contributed by atoms with Crippen LogP contribution in [0.2, 0.25) is 0 Å². The number of anilines is 1. The first kappa shape index (κ1) is 20.5. The Morgan fingerprint density at radius 3 is 2.63 bits per heavy atom. The number of piperidine rings is 1. The third-order valence-corrected chi connectivity index (χ3v) is 5.99. The number of hydrogen-bond acceptors (Lipinski definition) is 5. The molecule has 2 heterocycles. The molecule has 0 bridgehead atoms. The second kappa shape index (κ2) is 9.36. The summed E-state index contributed by atoms with van der Waals surface area (Å²) in [7, 11) is 0. The number of halogens is 1. The van der Waals surface area contributed by atoms with E-state index in [0.717, 1.165) is 48.9 Å². The Bertz CT molecular complexity index is 998. The lowest BCUT2D eigenvalue weighted by Crippen LogP contribution is -2.37. The largest absolute Gasteiger partial charge is 0.457 e. The minimum absolute atomic E-state index is 0.0154. The molecule has 1 N–H and O–H groups in total. The topological polar surface area (TPSA) is 54.5 Å². The molecule has 0 aliphatic carbocycles. The monoisotopic (exact) mass is 425 g/mol. The molecule has 30 heavy (non-hydrogen) atoms. The second-order valence-electron chi connectivity index (χ2n) is 7.48. The van der Waals surface area contributed by atoms with Gasteiger partial charge in [-0.05, 0) is 69.3 Å². The maximum Gasteiger partial charge on any atom is 0.227 e. The van der Waals surface area contributed by atoms with Gasteiger partial charge in [-0.2, -0.15) is 0 Å². The van der Waals surface area contributed by atoms with E-state index in [1.54, 1.807) is 47.7 Å². The Hall–Kier alpha value is -2.77. The van der Waals surface area contributed by atoms with Crippen molar-refractivity contribution in [2.45, 2.75) is 26.3 Å². The number of carbonyl (C=O) groups excluding carboxylic acids is 1. The zero-order valence-electron chi connectivity index (χ0n) is 16.8. The van der Waals surface area contributed by atoms with Crippen molar-refractivity contribution in [3.63, 3.8) is 0 Å². The van der Waals surface area contributed by atoms with Gasteiger partial charge >= 0.3 is 0 Å². The Morgan fingerprint density at radius 1 is 1.20 bits per heavy atom. The highest BCUT2D eigenvalue weighted by Gasteiger charge is 2.25. The molecule has 1 fully saturated rings. The van der Waals surface area contributed by atoms with Crippen LogP contribution in [0.1, 0.15) is 23.5 Å². The van der Waals surface area contributed by atoms with Gasteiger partial charge < -0.3 is 10.1 Å². The SMILES string of the molecule is Cc1nc(CN2CCC(C(=O)Nc3ccc(Oc4cccc(F)c4)cc3)CC2)cs1. The molecule has 3 aromatic rings. The standard InChI is InChI=1S/C23H24FN3O2S/c1-16-25-20(15-30-16)14-27-11-9-17(10-12-27)23(28)26-19-5-7-21(8-6-19)29-22-4-2-3-18(24)13-22/h2-8,13,15,17H,9-12,14H2,1H3,(H,26,28). The summed E-state index contributed by atoms with van der Waals surface area (Å²) in [6.45, 7) is 4.67. The maximum absolute atomic E-state index is 13.3. The Balaban J connectivity index is 1.26. The van der Waals surface area contributed by atoms with Gasteiger partial charge in [0.1, 0.15) is 17.3 Å². The number of hydrogen-bond donors (Lipinski definition) is 1. The van der Waals surface area contributed by atoms with Gasteiger partial charge in [-0.15, -0.1) is 11.3 Å². The summed E-state index contributed by atoms with van der Waals surface area (Å²) in [5.74, 6) is 0.749. The fourth-order valence-corrected chi connectivity index (χ4v) is 4.18. The second-order valence-corrected chi connectivity index (χ2v) is 8.54. The molecule has 1 aliphatic heterocycles. The molecule has 0 saturated carbocycles. The van der Waals surface area contributed by atoms with Crippen molar-refractivity contribution >= 4 is 22.9 Å². The lowest BCUT2D eigenvalue weighted by atomic mass is 9.95. The van der Waals surface area contributed by atoms with E-state index < -0.39 is 0 Å². The molecule has 0 unspecified atom stereocenters. The smallest absolute Gasteiger partial charge is 0.227 e. The van der Waals surface area contributed by atoms with E-state index in [1.807, 2.05) is 6.92 Å². The van der Waals surface area contributed by atoms with Crippen LogP contribution in [0.5, 0.6) is 11.5 Å². The number of nitrogens with zero attached hydrogens (tertiary/aromatic N) is 2. The van der Waals surface area contributed by atoms with Gasteiger partial charge in [0.25, 0.3) is 0 Å². The average Bonchev–Trinajstić information content (AvgIpc) is 3.14. The Morgan fingerprint density at radius 2 is 1.97 bits per heavy atom. The van der Waals surface area contributed by atoms with Gasteiger partial charge in [0.05, 0.1) is 10.7 Å². The highest BCUT2D eigenvalue weighted by atomic mass is 32.1. The molecule has 5 nitrogen and oxygen atoms in total. The number of carbonyl (C=O) groups is 1. The van der Waals surface area contributed by atoms with Crippen LogP contribution in [0.3, 0.4) is 0 Å². The van der Waals surface area contributed by atoms with Crippen molar-refractivity contribution in [3.05, 3.63) is 70.4 Å². The summed E-state index contributed by atoms with van der Waals surface area (Å²) in [6, 6.07) is 13.1. The number of aromatic nitrogens is 1. The number of aryl methyl sites for hydroxylation is 1. The predicted molar refractivity (Wildman–Crippen MR) is 116 cm³/mol. The van der Waals surface area contributed by atoms with Gasteiger partial charge in [-0.25, -0.2) is 9.37 Å². The summed E-state index contributed by atoms with van der Waals surface area (Å²) in [6.07, 6.45) is 1.69. The van der Waals surface area contributed by atoms with Crippen molar-refractivity contribution in [2.24, 2.45) is 5.92 Å². The molecule has 2 aromatic carbocycles. The zero-order valence-corrected chi connectivity index (χ0v) is 17.6. The molecule has 1 saturated heterocycles. The van der Waals surface area contributed by atoms with E-state index in [2.05, 4.69) is 20.6 Å². The lowest BCUT2D eigenvalue weighted by Gasteiger charge is -2.30. The van der Waals surface area contributed by atoms with Crippen molar-refractivity contribution in [1.29, 1.82) is 0 Å². The number of amides is 1. The minimum Gasteiger partial charge on any atom is -0.457 e.